The van der Waals surface area contributed by atoms with Gasteiger partial charge >= 0.3 is 0 Å². The quantitative estimate of drug-likeness (QED) is 0.662. The first-order valence-electron chi connectivity index (χ1n) is 8.67. The molecule has 0 radical (unpaired) electrons. The molecular formula is C20H21N3O3S. The standard InChI is InChI=1S/C20H21N3O3S/c1-4-26-15-8-5-13(6-9-15)12(2)21-18(24)14-7-10-16-17(11-14)22-20(27)23(3)19(16)25/h5-12H,4H2,1-3H3,(H,21,24)(H,22,27). The van der Waals surface area contributed by atoms with Gasteiger partial charge in [-0.2, -0.15) is 0 Å². The van der Waals surface area contributed by atoms with Gasteiger partial charge in [0.05, 0.1) is 23.6 Å². The Balaban J connectivity index is 1.82. The van der Waals surface area contributed by atoms with E-state index in [4.69, 9.17) is 17.0 Å². The van der Waals surface area contributed by atoms with E-state index < -0.39 is 0 Å². The minimum Gasteiger partial charge on any atom is -0.494 e. The lowest BCUT2D eigenvalue weighted by Crippen LogP contribution is -2.27. The molecule has 0 saturated carbocycles. The summed E-state index contributed by atoms with van der Waals surface area (Å²) in [7, 11) is 1.61. The van der Waals surface area contributed by atoms with Gasteiger partial charge in [-0.15, -0.1) is 0 Å². The Hall–Kier alpha value is -2.93. The normalized spacial score (nSPS) is 12.0. The van der Waals surface area contributed by atoms with Crippen LogP contribution in [0.2, 0.25) is 0 Å². The second kappa shape index (κ2) is 7.75. The molecule has 0 saturated heterocycles. The maximum atomic E-state index is 12.6. The number of nitrogens with one attached hydrogen (secondary N) is 2. The molecule has 3 rings (SSSR count). The van der Waals surface area contributed by atoms with E-state index in [2.05, 4.69) is 10.3 Å². The minimum absolute atomic E-state index is 0.175. The lowest BCUT2D eigenvalue weighted by Gasteiger charge is -2.15. The Labute approximate surface area is 161 Å². The number of ether oxygens (including phenoxy) is 1. The average molecular weight is 383 g/mol. The molecule has 27 heavy (non-hydrogen) atoms. The molecule has 1 aromatic heterocycles. The van der Waals surface area contributed by atoms with Crippen molar-refractivity contribution in [3.8, 4) is 5.75 Å². The number of hydrogen-bond acceptors (Lipinski definition) is 4. The maximum absolute atomic E-state index is 12.6. The van der Waals surface area contributed by atoms with Crippen LogP contribution in [-0.2, 0) is 7.05 Å². The molecule has 2 aromatic carbocycles. The Morgan fingerprint density at radius 1 is 1.26 bits per heavy atom. The largest absolute Gasteiger partial charge is 0.494 e. The van der Waals surface area contributed by atoms with E-state index in [-0.39, 0.29) is 17.5 Å². The SMILES string of the molecule is CCOc1ccc(C(C)NC(=O)c2ccc3c(=O)n(C)c(=S)[nH]c3c2)cc1. The highest BCUT2D eigenvalue weighted by Crippen LogP contribution is 2.18. The fraction of sp³-hybridized carbons (Fsp3) is 0.250. The molecule has 6 nitrogen and oxygen atoms in total. The van der Waals surface area contributed by atoms with Crippen molar-refractivity contribution in [1.82, 2.24) is 14.9 Å². The lowest BCUT2D eigenvalue weighted by molar-refractivity contribution is 0.0940. The average Bonchev–Trinajstić information content (AvgIpc) is 2.66. The first-order chi connectivity index (χ1) is 12.9. The number of rotatable bonds is 5. The van der Waals surface area contributed by atoms with Crippen LogP contribution in [-0.4, -0.2) is 22.1 Å². The van der Waals surface area contributed by atoms with Gasteiger partial charge in [0.2, 0.25) is 0 Å². The van der Waals surface area contributed by atoms with Crippen LogP contribution in [0, 0.1) is 4.77 Å². The molecule has 1 atom stereocenters. The van der Waals surface area contributed by atoms with Crippen molar-refractivity contribution in [1.29, 1.82) is 0 Å². The van der Waals surface area contributed by atoms with E-state index in [1.54, 1.807) is 25.2 Å². The van der Waals surface area contributed by atoms with Gasteiger partial charge in [-0.05, 0) is 62.0 Å². The number of aromatic amines is 1. The minimum atomic E-state index is -0.224. The summed E-state index contributed by atoms with van der Waals surface area (Å²) in [6.07, 6.45) is 0. The second-order valence-electron chi connectivity index (χ2n) is 6.25. The summed E-state index contributed by atoms with van der Waals surface area (Å²) in [5.41, 5.74) is 1.79. The molecule has 0 aliphatic rings. The van der Waals surface area contributed by atoms with E-state index in [0.29, 0.717) is 27.8 Å². The third-order valence-corrected chi connectivity index (χ3v) is 4.78. The van der Waals surface area contributed by atoms with Gasteiger partial charge in [-0.1, -0.05) is 12.1 Å². The van der Waals surface area contributed by atoms with Gasteiger partial charge in [0, 0.05) is 12.6 Å². The van der Waals surface area contributed by atoms with Crippen LogP contribution in [0.4, 0.5) is 0 Å². The summed E-state index contributed by atoms with van der Waals surface area (Å²) >= 11 is 5.14. The van der Waals surface area contributed by atoms with Gasteiger partial charge in [0.1, 0.15) is 5.75 Å². The molecule has 7 heteroatoms. The highest BCUT2D eigenvalue weighted by atomic mass is 32.1. The zero-order valence-electron chi connectivity index (χ0n) is 15.4. The van der Waals surface area contributed by atoms with Crippen molar-refractivity contribution in [2.24, 2.45) is 7.05 Å². The molecular weight excluding hydrogens is 362 g/mol. The molecule has 0 aliphatic heterocycles. The van der Waals surface area contributed by atoms with Crippen LogP contribution in [0.15, 0.2) is 47.3 Å². The van der Waals surface area contributed by atoms with Crippen molar-refractivity contribution >= 4 is 29.0 Å². The van der Waals surface area contributed by atoms with Crippen molar-refractivity contribution in [2.45, 2.75) is 19.9 Å². The predicted octanol–water partition coefficient (Wildman–Crippen LogP) is 3.49. The highest BCUT2D eigenvalue weighted by Gasteiger charge is 2.13. The van der Waals surface area contributed by atoms with Crippen LogP contribution in [0.3, 0.4) is 0 Å². The number of aromatic nitrogens is 2. The fourth-order valence-electron chi connectivity index (χ4n) is 2.83. The molecule has 0 spiro atoms. The zero-order valence-corrected chi connectivity index (χ0v) is 16.2. The first kappa shape index (κ1) is 18.8. The number of benzene rings is 2. The molecule has 1 heterocycles. The number of H-pyrrole nitrogens is 1. The van der Waals surface area contributed by atoms with Crippen LogP contribution < -0.4 is 15.6 Å². The summed E-state index contributed by atoms with van der Waals surface area (Å²) in [6, 6.07) is 12.4. The lowest BCUT2D eigenvalue weighted by atomic mass is 10.1. The predicted molar refractivity (Wildman–Crippen MR) is 108 cm³/mol. The van der Waals surface area contributed by atoms with Gasteiger partial charge in [-0.3, -0.25) is 14.2 Å². The van der Waals surface area contributed by atoms with E-state index in [1.165, 1.54) is 4.57 Å². The Morgan fingerprint density at radius 3 is 2.63 bits per heavy atom. The molecule has 1 amide bonds. The van der Waals surface area contributed by atoms with Crippen molar-refractivity contribution < 1.29 is 9.53 Å². The zero-order chi connectivity index (χ0) is 19.6. The smallest absolute Gasteiger partial charge is 0.261 e. The summed E-state index contributed by atoms with van der Waals surface area (Å²) in [6.45, 7) is 4.46. The third-order valence-electron chi connectivity index (χ3n) is 4.40. The van der Waals surface area contributed by atoms with Crippen LogP contribution in [0.1, 0.15) is 35.8 Å². The summed E-state index contributed by atoms with van der Waals surface area (Å²) in [5.74, 6) is 0.574. The van der Waals surface area contributed by atoms with Gasteiger partial charge in [0.15, 0.2) is 4.77 Å². The number of fused-ring (bicyclic) bond motifs is 1. The van der Waals surface area contributed by atoms with E-state index >= 15 is 0 Å². The highest BCUT2D eigenvalue weighted by molar-refractivity contribution is 7.71. The number of nitrogens with zero attached hydrogens (tertiary/aromatic N) is 1. The molecule has 0 bridgehead atoms. The van der Waals surface area contributed by atoms with Crippen LogP contribution in [0.25, 0.3) is 10.9 Å². The molecule has 0 fully saturated rings. The number of hydrogen-bond donors (Lipinski definition) is 2. The number of carbonyl (C=O) groups excluding carboxylic acids is 1. The first-order valence-corrected chi connectivity index (χ1v) is 9.08. The van der Waals surface area contributed by atoms with Crippen molar-refractivity contribution in [3.63, 3.8) is 0 Å². The van der Waals surface area contributed by atoms with Gasteiger partial charge < -0.3 is 15.0 Å². The number of carbonyl (C=O) groups is 1. The topological polar surface area (TPSA) is 76.1 Å². The van der Waals surface area contributed by atoms with Crippen molar-refractivity contribution in [3.05, 3.63) is 68.7 Å². The Bertz CT molecular complexity index is 1100. The molecule has 1 unspecified atom stereocenters. The fourth-order valence-corrected chi connectivity index (χ4v) is 3.02. The Morgan fingerprint density at radius 2 is 1.96 bits per heavy atom. The van der Waals surface area contributed by atoms with Gasteiger partial charge in [-0.25, -0.2) is 0 Å². The summed E-state index contributed by atoms with van der Waals surface area (Å²) in [5, 5.41) is 3.45. The van der Waals surface area contributed by atoms with Gasteiger partial charge in [0.25, 0.3) is 11.5 Å². The monoisotopic (exact) mass is 383 g/mol. The van der Waals surface area contributed by atoms with Crippen LogP contribution >= 0.6 is 12.2 Å². The Kier molecular flexibility index (Phi) is 5.41. The third kappa shape index (κ3) is 3.93. The van der Waals surface area contributed by atoms with Crippen molar-refractivity contribution in [2.75, 3.05) is 6.61 Å². The van der Waals surface area contributed by atoms with E-state index in [1.807, 2.05) is 38.1 Å². The molecule has 2 N–H and O–H groups in total. The van der Waals surface area contributed by atoms with Crippen LogP contribution in [0.5, 0.6) is 5.75 Å². The second-order valence-corrected chi connectivity index (χ2v) is 6.64. The molecule has 0 aliphatic carbocycles. The van der Waals surface area contributed by atoms with E-state index in [9.17, 15) is 9.59 Å². The molecule has 3 aromatic rings. The summed E-state index contributed by atoms with van der Waals surface area (Å²) < 4.78 is 7.11. The number of amides is 1. The summed E-state index contributed by atoms with van der Waals surface area (Å²) in [4.78, 5) is 27.8. The molecule has 140 valence electrons. The van der Waals surface area contributed by atoms with E-state index in [0.717, 1.165) is 11.3 Å². The maximum Gasteiger partial charge on any atom is 0.261 e.